The maximum atomic E-state index is 12.7. The topological polar surface area (TPSA) is 33.5 Å². The molecule has 3 rings (SSSR count). The number of rotatable bonds is 3. The fourth-order valence-electron chi connectivity index (χ4n) is 3.46. The first-order valence-electron chi connectivity index (χ1n) is 7.83. The molecule has 1 spiro atoms. The molecule has 0 N–H and O–H groups in total. The van der Waals surface area contributed by atoms with Gasteiger partial charge in [-0.1, -0.05) is 0 Å². The highest BCUT2D eigenvalue weighted by atomic mass is 32.2. The molecule has 1 aliphatic heterocycles. The van der Waals surface area contributed by atoms with Gasteiger partial charge in [-0.2, -0.15) is 0 Å². The first kappa shape index (κ1) is 15.3. The van der Waals surface area contributed by atoms with Crippen molar-refractivity contribution in [2.24, 2.45) is 0 Å². The van der Waals surface area contributed by atoms with Gasteiger partial charge in [0.25, 0.3) is 5.91 Å². The predicted molar refractivity (Wildman–Crippen MR) is 90.2 cm³/mol. The number of fused-ring (bicyclic) bond motifs is 2. The lowest BCUT2D eigenvalue weighted by atomic mass is 9.94. The number of furan rings is 1. The second-order valence-electron chi connectivity index (χ2n) is 5.64. The molecular weight excluding hydrogens is 302 g/mol. The van der Waals surface area contributed by atoms with Gasteiger partial charge in [0.1, 0.15) is 5.76 Å². The molecular formula is C16H23NO2S2. The van der Waals surface area contributed by atoms with Crippen LogP contribution in [-0.4, -0.2) is 35.4 Å². The van der Waals surface area contributed by atoms with Crippen molar-refractivity contribution in [2.45, 2.75) is 44.1 Å². The van der Waals surface area contributed by atoms with Crippen LogP contribution in [-0.2, 0) is 10.5 Å². The van der Waals surface area contributed by atoms with Gasteiger partial charge in [-0.25, -0.2) is 0 Å². The van der Waals surface area contributed by atoms with Crippen molar-refractivity contribution >= 4 is 29.4 Å². The van der Waals surface area contributed by atoms with Gasteiger partial charge in [0.15, 0.2) is 5.76 Å². The maximum absolute atomic E-state index is 12.7. The average Bonchev–Trinajstić information content (AvgIpc) is 3.07. The van der Waals surface area contributed by atoms with E-state index in [1.165, 1.54) is 29.9 Å². The average molecular weight is 325 g/mol. The monoisotopic (exact) mass is 325 g/mol. The number of amides is 1. The summed E-state index contributed by atoms with van der Waals surface area (Å²) in [6.07, 6.45) is 3.35. The Morgan fingerprint density at radius 2 is 1.95 bits per heavy atom. The van der Waals surface area contributed by atoms with Crippen molar-refractivity contribution < 1.29 is 9.21 Å². The second kappa shape index (κ2) is 5.92. The molecule has 0 saturated carbocycles. The summed E-state index contributed by atoms with van der Waals surface area (Å²) in [5.41, 5.74) is 2.42. The van der Waals surface area contributed by atoms with Crippen LogP contribution in [0.2, 0.25) is 0 Å². The van der Waals surface area contributed by atoms with Crippen LogP contribution < -0.4 is 0 Å². The van der Waals surface area contributed by atoms with Gasteiger partial charge in [-0.15, -0.1) is 23.5 Å². The zero-order chi connectivity index (χ0) is 15.0. The van der Waals surface area contributed by atoms with Gasteiger partial charge >= 0.3 is 0 Å². The van der Waals surface area contributed by atoms with E-state index in [1.54, 1.807) is 0 Å². The van der Waals surface area contributed by atoms with Gasteiger partial charge in [0.05, 0.1) is 4.08 Å². The molecule has 2 aliphatic rings. The minimum absolute atomic E-state index is 0.0510. The molecule has 0 radical (unpaired) electrons. The number of hydrogen-bond acceptors (Lipinski definition) is 4. The first-order chi connectivity index (χ1) is 10.1. The Labute approximate surface area is 135 Å². The van der Waals surface area contributed by atoms with E-state index >= 15 is 0 Å². The Kier molecular flexibility index (Phi) is 4.33. The third-order valence-electron chi connectivity index (χ3n) is 4.51. The lowest BCUT2D eigenvalue weighted by molar-refractivity contribution is 0.0738. The molecule has 3 nitrogen and oxygen atoms in total. The molecule has 1 saturated heterocycles. The summed E-state index contributed by atoms with van der Waals surface area (Å²) in [4.78, 5) is 14.5. The molecule has 1 aliphatic carbocycles. The molecule has 0 aromatic carbocycles. The molecule has 0 atom stereocenters. The van der Waals surface area contributed by atoms with E-state index < -0.39 is 0 Å². The summed E-state index contributed by atoms with van der Waals surface area (Å²) < 4.78 is 6.21. The van der Waals surface area contributed by atoms with Crippen LogP contribution in [0.15, 0.2) is 4.42 Å². The molecule has 116 valence electrons. The highest BCUT2D eigenvalue weighted by Crippen LogP contribution is 2.59. The highest BCUT2D eigenvalue weighted by Gasteiger charge is 2.45. The first-order valence-corrected chi connectivity index (χ1v) is 9.80. The van der Waals surface area contributed by atoms with Gasteiger partial charge in [-0.05, 0) is 33.6 Å². The number of carbonyl (C=O) groups excluding carboxylic acids is 1. The zero-order valence-electron chi connectivity index (χ0n) is 13.0. The highest BCUT2D eigenvalue weighted by molar-refractivity contribution is 8.20. The summed E-state index contributed by atoms with van der Waals surface area (Å²) >= 11 is 4.09. The molecule has 21 heavy (non-hydrogen) atoms. The van der Waals surface area contributed by atoms with Crippen molar-refractivity contribution in [3.05, 3.63) is 22.6 Å². The summed E-state index contributed by atoms with van der Waals surface area (Å²) in [6, 6.07) is 0. The Hall–Kier alpha value is -0.550. The fraction of sp³-hybridized carbons (Fsp3) is 0.688. The molecule has 2 heterocycles. The van der Waals surface area contributed by atoms with E-state index in [2.05, 4.69) is 6.92 Å². The van der Waals surface area contributed by atoms with Crippen molar-refractivity contribution in [2.75, 3.05) is 24.6 Å². The molecule has 1 fully saturated rings. The lowest BCUT2D eigenvalue weighted by Gasteiger charge is -2.31. The van der Waals surface area contributed by atoms with Crippen LogP contribution in [0.4, 0.5) is 0 Å². The van der Waals surface area contributed by atoms with Crippen LogP contribution in [0.5, 0.6) is 0 Å². The van der Waals surface area contributed by atoms with Crippen LogP contribution in [0.25, 0.3) is 0 Å². The molecule has 0 bridgehead atoms. The number of nitrogens with zero attached hydrogens (tertiary/aromatic N) is 1. The maximum Gasteiger partial charge on any atom is 0.289 e. The Morgan fingerprint density at radius 1 is 1.29 bits per heavy atom. The van der Waals surface area contributed by atoms with Crippen molar-refractivity contribution in [3.8, 4) is 0 Å². The Bertz CT molecular complexity index is 543. The lowest BCUT2D eigenvalue weighted by Crippen LogP contribution is -2.30. The Morgan fingerprint density at radius 3 is 2.57 bits per heavy atom. The largest absolute Gasteiger partial charge is 0.455 e. The van der Waals surface area contributed by atoms with E-state index in [4.69, 9.17) is 4.42 Å². The summed E-state index contributed by atoms with van der Waals surface area (Å²) in [6.45, 7) is 7.57. The van der Waals surface area contributed by atoms with Crippen LogP contribution in [0.3, 0.4) is 0 Å². The van der Waals surface area contributed by atoms with Crippen LogP contribution in [0.1, 0.15) is 54.1 Å². The minimum Gasteiger partial charge on any atom is -0.455 e. The normalized spacial score (nSPS) is 19.8. The van der Waals surface area contributed by atoms with E-state index in [9.17, 15) is 4.79 Å². The fourth-order valence-corrected chi connectivity index (χ4v) is 7.02. The third kappa shape index (κ3) is 2.42. The molecule has 1 aromatic heterocycles. The quantitative estimate of drug-likeness (QED) is 0.840. The van der Waals surface area contributed by atoms with Gasteiger partial charge in [0, 0.05) is 42.1 Å². The van der Waals surface area contributed by atoms with Gasteiger partial charge in [-0.3, -0.25) is 4.79 Å². The van der Waals surface area contributed by atoms with Crippen molar-refractivity contribution in [1.29, 1.82) is 0 Å². The number of hydrogen-bond donors (Lipinski definition) is 0. The minimum atomic E-state index is 0.0510. The van der Waals surface area contributed by atoms with Gasteiger partial charge in [0.2, 0.25) is 0 Å². The standard InChI is InChI=1S/C16H23NO2S2/c1-4-17(5-2)15(18)14-11(3)13-12(19-14)7-6-8-16(13)20-9-10-21-16/h4-10H2,1-3H3. The van der Waals surface area contributed by atoms with E-state index in [-0.39, 0.29) is 9.99 Å². The third-order valence-corrected chi connectivity index (χ3v) is 8.04. The van der Waals surface area contributed by atoms with Crippen molar-refractivity contribution in [1.82, 2.24) is 4.90 Å². The molecule has 0 unspecified atom stereocenters. The van der Waals surface area contributed by atoms with Gasteiger partial charge < -0.3 is 9.32 Å². The van der Waals surface area contributed by atoms with E-state index in [0.29, 0.717) is 5.76 Å². The Balaban J connectivity index is 2.03. The predicted octanol–water partition coefficient (Wildman–Crippen LogP) is 4.04. The zero-order valence-corrected chi connectivity index (χ0v) is 14.7. The van der Waals surface area contributed by atoms with E-state index in [1.807, 2.05) is 42.3 Å². The number of aryl methyl sites for hydroxylation is 1. The SMILES string of the molecule is CCN(CC)C(=O)c1oc2c(c1C)C1(CCC2)SCCS1. The molecule has 1 amide bonds. The van der Waals surface area contributed by atoms with Crippen LogP contribution >= 0.6 is 23.5 Å². The van der Waals surface area contributed by atoms with Crippen LogP contribution in [0, 0.1) is 6.92 Å². The second-order valence-corrected chi connectivity index (χ2v) is 8.68. The number of carbonyl (C=O) groups is 1. The molecule has 5 heteroatoms. The smallest absolute Gasteiger partial charge is 0.289 e. The summed E-state index contributed by atoms with van der Waals surface area (Å²) in [5, 5.41) is 0. The summed E-state index contributed by atoms with van der Waals surface area (Å²) in [5.74, 6) is 4.10. The van der Waals surface area contributed by atoms with E-state index in [0.717, 1.165) is 30.8 Å². The number of thioether (sulfide) groups is 2. The molecule has 1 aromatic rings. The van der Waals surface area contributed by atoms with Crippen molar-refractivity contribution in [3.63, 3.8) is 0 Å². The summed E-state index contributed by atoms with van der Waals surface area (Å²) in [7, 11) is 0.